The Morgan fingerprint density at radius 1 is 1.05 bits per heavy atom. The van der Waals surface area contributed by atoms with Crippen LogP contribution in [0, 0.1) is 10.5 Å². The fraction of sp³-hybridized carbons (Fsp3) is 0.368. The van der Waals surface area contributed by atoms with Crippen LogP contribution in [-0.4, -0.2) is 19.3 Å². The van der Waals surface area contributed by atoms with Crippen LogP contribution in [0.4, 0.5) is 0 Å². The van der Waals surface area contributed by atoms with Crippen molar-refractivity contribution in [3.63, 3.8) is 0 Å². The second-order valence-corrected chi connectivity index (χ2v) is 7.06. The molecule has 2 nitrogen and oxygen atoms in total. The molecule has 3 heteroatoms. The summed E-state index contributed by atoms with van der Waals surface area (Å²) in [4.78, 5) is 0. The van der Waals surface area contributed by atoms with E-state index in [2.05, 4.69) is 72.0 Å². The van der Waals surface area contributed by atoms with Crippen LogP contribution >= 0.6 is 22.6 Å². The van der Waals surface area contributed by atoms with E-state index in [9.17, 15) is 0 Å². The van der Waals surface area contributed by atoms with Crippen LogP contribution in [0.1, 0.15) is 29.5 Å². The number of hydrogen-bond donors (Lipinski definition) is 0. The molecule has 0 aliphatic heterocycles. The van der Waals surface area contributed by atoms with Gasteiger partial charge in [-0.3, -0.25) is 0 Å². The molecule has 1 aliphatic rings. The average molecular weight is 408 g/mol. The number of benzene rings is 2. The molecule has 0 heterocycles. The van der Waals surface area contributed by atoms with Crippen molar-refractivity contribution in [3.05, 3.63) is 62.7 Å². The Bertz CT molecular complexity index is 618. The Hall–Kier alpha value is -1.07. The molecule has 22 heavy (non-hydrogen) atoms. The van der Waals surface area contributed by atoms with E-state index in [1.54, 1.807) is 0 Å². The highest BCUT2D eigenvalue weighted by Gasteiger charge is 2.21. The molecule has 1 aliphatic carbocycles. The lowest BCUT2D eigenvalue weighted by molar-refractivity contribution is 0.0881. The van der Waals surface area contributed by atoms with E-state index < -0.39 is 0 Å². The third-order valence-electron chi connectivity index (χ3n) is 3.86. The average Bonchev–Trinajstić information content (AvgIpc) is 3.33. The maximum Gasteiger partial charge on any atom is 0.119 e. The number of rotatable bonds is 7. The third kappa shape index (κ3) is 4.71. The zero-order chi connectivity index (χ0) is 15.4. The van der Waals surface area contributed by atoms with Gasteiger partial charge in [0, 0.05) is 3.57 Å². The third-order valence-corrected chi connectivity index (χ3v) is 4.53. The quantitative estimate of drug-likeness (QED) is 0.487. The lowest BCUT2D eigenvalue weighted by Gasteiger charge is -2.09. The SMILES string of the molecule is Cc1ccc(I)cc1Cc1ccc(OCCOC2CC2)cc1. The maximum absolute atomic E-state index is 5.71. The smallest absolute Gasteiger partial charge is 0.119 e. The van der Waals surface area contributed by atoms with Gasteiger partial charge in [-0.05, 0) is 89.7 Å². The molecular formula is C19H21IO2. The molecule has 0 aromatic heterocycles. The predicted molar refractivity (Wildman–Crippen MR) is 97.6 cm³/mol. The number of halogens is 1. The number of aryl methyl sites for hydroxylation is 1. The summed E-state index contributed by atoms with van der Waals surface area (Å²) in [7, 11) is 0. The van der Waals surface area contributed by atoms with Gasteiger partial charge in [0.05, 0.1) is 12.7 Å². The summed E-state index contributed by atoms with van der Waals surface area (Å²) in [5.41, 5.74) is 4.04. The Kier molecular flexibility index (Phi) is 5.37. The summed E-state index contributed by atoms with van der Waals surface area (Å²) in [6, 6.07) is 15.0. The molecule has 1 saturated carbocycles. The Labute approximate surface area is 146 Å². The summed E-state index contributed by atoms with van der Waals surface area (Å²) in [5.74, 6) is 0.919. The van der Waals surface area contributed by atoms with Gasteiger partial charge in [-0.15, -0.1) is 0 Å². The molecule has 3 rings (SSSR count). The second-order valence-electron chi connectivity index (χ2n) is 5.81. The van der Waals surface area contributed by atoms with Crippen molar-refractivity contribution in [3.8, 4) is 5.75 Å². The van der Waals surface area contributed by atoms with Gasteiger partial charge < -0.3 is 9.47 Å². The Morgan fingerprint density at radius 2 is 1.82 bits per heavy atom. The number of ether oxygens (including phenoxy) is 2. The van der Waals surface area contributed by atoms with Crippen molar-refractivity contribution in [1.29, 1.82) is 0 Å². The molecule has 0 saturated heterocycles. The van der Waals surface area contributed by atoms with Gasteiger partial charge in [-0.25, -0.2) is 0 Å². The molecule has 2 aromatic rings. The summed E-state index contributed by atoms with van der Waals surface area (Å²) in [6.07, 6.45) is 3.90. The summed E-state index contributed by atoms with van der Waals surface area (Å²) in [6.45, 7) is 3.49. The van der Waals surface area contributed by atoms with Crippen molar-refractivity contribution in [2.75, 3.05) is 13.2 Å². The van der Waals surface area contributed by atoms with Gasteiger partial charge in [0.15, 0.2) is 0 Å². The monoisotopic (exact) mass is 408 g/mol. The van der Waals surface area contributed by atoms with E-state index in [4.69, 9.17) is 9.47 Å². The lowest BCUT2D eigenvalue weighted by Crippen LogP contribution is -2.07. The lowest BCUT2D eigenvalue weighted by atomic mass is 10.0. The largest absolute Gasteiger partial charge is 0.491 e. The highest BCUT2D eigenvalue weighted by molar-refractivity contribution is 14.1. The fourth-order valence-electron chi connectivity index (χ4n) is 2.36. The van der Waals surface area contributed by atoms with Crippen LogP contribution < -0.4 is 4.74 Å². The minimum absolute atomic E-state index is 0.503. The summed E-state index contributed by atoms with van der Waals surface area (Å²) < 4.78 is 12.6. The van der Waals surface area contributed by atoms with Gasteiger partial charge >= 0.3 is 0 Å². The van der Waals surface area contributed by atoms with Crippen LogP contribution in [0.15, 0.2) is 42.5 Å². The van der Waals surface area contributed by atoms with Gasteiger partial charge in [0.2, 0.25) is 0 Å². The van der Waals surface area contributed by atoms with Crippen LogP contribution in [0.2, 0.25) is 0 Å². The molecule has 0 unspecified atom stereocenters. The number of hydrogen-bond acceptors (Lipinski definition) is 2. The molecule has 0 atom stereocenters. The zero-order valence-electron chi connectivity index (χ0n) is 12.8. The first kappa shape index (κ1) is 15.8. The second kappa shape index (κ2) is 7.47. The first-order valence-corrected chi connectivity index (χ1v) is 8.87. The van der Waals surface area contributed by atoms with Gasteiger partial charge in [-0.1, -0.05) is 18.2 Å². The summed E-state index contributed by atoms with van der Waals surface area (Å²) in [5, 5.41) is 0. The predicted octanol–water partition coefficient (Wildman–Crippen LogP) is 4.75. The van der Waals surface area contributed by atoms with E-state index in [1.807, 2.05) is 0 Å². The molecule has 0 spiro atoms. The molecule has 2 aromatic carbocycles. The van der Waals surface area contributed by atoms with Crippen LogP contribution in [0.25, 0.3) is 0 Å². The highest BCUT2D eigenvalue weighted by Crippen LogP contribution is 2.23. The molecule has 0 N–H and O–H groups in total. The van der Waals surface area contributed by atoms with E-state index in [1.165, 1.54) is 33.1 Å². The normalized spacial score (nSPS) is 14.1. The standard InChI is InChI=1S/C19H21IO2/c1-14-2-5-17(20)13-16(14)12-15-3-6-18(7-4-15)21-10-11-22-19-8-9-19/h2-7,13,19H,8-12H2,1H3. The minimum atomic E-state index is 0.503. The molecule has 0 amide bonds. The minimum Gasteiger partial charge on any atom is -0.491 e. The van der Waals surface area contributed by atoms with Crippen molar-refractivity contribution in [2.24, 2.45) is 0 Å². The van der Waals surface area contributed by atoms with Crippen molar-refractivity contribution in [1.82, 2.24) is 0 Å². The molecule has 1 fully saturated rings. The Balaban J connectivity index is 1.53. The van der Waals surface area contributed by atoms with E-state index in [0.717, 1.165) is 12.2 Å². The van der Waals surface area contributed by atoms with Crippen molar-refractivity contribution < 1.29 is 9.47 Å². The fourth-order valence-corrected chi connectivity index (χ4v) is 2.92. The van der Waals surface area contributed by atoms with E-state index in [-0.39, 0.29) is 0 Å². The van der Waals surface area contributed by atoms with E-state index >= 15 is 0 Å². The van der Waals surface area contributed by atoms with Gasteiger partial charge in [0.1, 0.15) is 12.4 Å². The molecule has 116 valence electrons. The first-order valence-electron chi connectivity index (χ1n) is 7.79. The van der Waals surface area contributed by atoms with Crippen LogP contribution in [0.3, 0.4) is 0 Å². The maximum atomic E-state index is 5.71. The van der Waals surface area contributed by atoms with Gasteiger partial charge in [0.25, 0.3) is 0 Å². The highest BCUT2D eigenvalue weighted by atomic mass is 127. The van der Waals surface area contributed by atoms with Crippen molar-refractivity contribution >= 4 is 22.6 Å². The van der Waals surface area contributed by atoms with Crippen LogP contribution in [-0.2, 0) is 11.2 Å². The Morgan fingerprint density at radius 3 is 2.55 bits per heavy atom. The molecule has 0 bridgehead atoms. The van der Waals surface area contributed by atoms with E-state index in [0.29, 0.717) is 19.3 Å². The van der Waals surface area contributed by atoms with Gasteiger partial charge in [-0.2, -0.15) is 0 Å². The zero-order valence-corrected chi connectivity index (χ0v) is 15.0. The first-order chi connectivity index (χ1) is 10.7. The molecule has 0 radical (unpaired) electrons. The topological polar surface area (TPSA) is 18.5 Å². The van der Waals surface area contributed by atoms with Crippen molar-refractivity contribution in [2.45, 2.75) is 32.3 Å². The summed E-state index contributed by atoms with van der Waals surface area (Å²) >= 11 is 2.37. The van der Waals surface area contributed by atoms with Crippen LogP contribution in [0.5, 0.6) is 5.75 Å². The molecular weight excluding hydrogens is 387 g/mol.